The van der Waals surface area contributed by atoms with Gasteiger partial charge in [-0.2, -0.15) is 0 Å². The standard InChI is InChI=1S/2C20H34N3.2Li/c2*1-15-7-16(2)10-22(9-15)13-19-5-6-20(21-19)14-23-11-17(3)8-18(4)12-23;;/h2*5-6,15-18H,7-14H2,1-4H3;;/q2*-1;2*+1/p+2/t2*15-,16-,17-,18+;;/m11../s1. The number of hydrogen-bond acceptors (Lipinski definition) is 2. The second kappa shape index (κ2) is 20.0. The van der Waals surface area contributed by atoms with E-state index < -0.39 is 0 Å². The van der Waals surface area contributed by atoms with Crippen LogP contribution in [0.2, 0.25) is 0 Å². The summed E-state index contributed by atoms with van der Waals surface area (Å²) >= 11 is 0. The average Bonchev–Trinajstić information content (AvgIpc) is 3.55. The number of likely N-dealkylation sites (tertiary alicyclic amines) is 4. The van der Waals surface area contributed by atoms with Crippen molar-refractivity contribution in [2.75, 3.05) is 52.4 Å². The first-order valence-corrected chi connectivity index (χ1v) is 19.3. The van der Waals surface area contributed by atoms with E-state index in [1.54, 1.807) is 9.80 Å². The van der Waals surface area contributed by atoms with E-state index in [4.69, 9.17) is 9.97 Å². The van der Waals surface area contributed by atoms with Crippen molar-refractivity contribution < 1.29 is 47.5 Å². The zero-order valence-electron chi connectivity index (χ0n) is 33.0. The second-order valence-electron chi connectivity index (χ2n) is 17.7. The maximum Gasteiger partial charge on any atom is 1.00 e. The van der Waals surface area contributed by atoms with E-state index in [2.05, 4.69) is 89.5 Å². The van der Waals surface area contributed by atoms with Crippen LogP contribution in [0.3, 0.4) is 0 Å². The quantitative estimate of drug-likeness (QED) is 0.338. The Balaban J connectivity index is 0.000000250. The number of hydrogen-bond donors (Lipinski definition) is 2. The van der Waals surface area contributed by atoms with Crippen molar-refractivity contribution in [3.8, 4) is 0 Å². The third-order valence-electron chi connectivity index (χ3n) is 11.2. The van der Waals surface area contributed by atoms with Gasteiger partial charge in [0.1, 0.15) is 0 Å². The molecule has 8 heteroatoms. The van der Waals surface area contributed by atoms with Gasteiger partial charge in [0, 0.05) is 62.9 Å². The van der Waals surface area contributed by atoms with E-state index in [0.717, 1.165) is 73.5 Å². The van der Waals surface area contributed by atoms with E-state index >= 15 is 0 Å². The number of nitrogens with zero attached hydrogens (tertiary/aromatic N) is 4. The van der Waals surface area contributed by atoms with Gasteiger partial charge in [-0.05, 0) is 49.4 Å². The van der Waals surface area contributed by atoms with E-state index in [9.17, 15) is 0 Å². The molecule has 6 nitrogen and oxygen atoms in total. The Hall–Kier alpha value is -0.405. The van der Waals surface area contributed by atoms with Crippen LogP contribution in [-0.2, 0) is 26.2 Å². The molecule has 0 aliphatic carbocycles. The van der Waals surface area contributed by atoms with Gasteiger partial charge in [-0.3, -0.25) is 0 Å². The van der Waals surface area contributed by atoms with E-state index in [1.165, 1.54) is 101 Å². The van der Waals surface area contributed by atoms with Crippen LogP contribution < -0.4 is 57.5 Å². The summed E-state index contributed by atoms with van der Waals surface area (Å²) < 4.78 is 0. The molecule has 0 amide bonds. The Morgan fingerprint density at radius 2 is 0.729 bits per heavy atom. The summed E-state index contributed by atoms with van der Waals surface area (Å²) in [6.07, 6.45) is 5.55. The molecule has 0 bridgehead atoms. The van der Waals surface area contributed by atoms with Crippen molar-refractivity contribution in [1.29, 1.82) is 0 Å². The van der Waals surface area contributed by atoms with Gasteiger partial charge in [-0.25, -0.2) is 0 Å². The predicted molar refractivity (Wildman–Crippen MR) is 191 cm³/mol. The molecule has 0 saturated carbocycles. The maximum absolute atomic E-state index is 4.94. The largest absolute Gasteiger partial charge is 1.00 e. The minimum atomic E-state index is 0. The van der Waals surface area contributed by atoms with Crippen LogP contribution in [0.4, 0.5) is 0 Å². The molecular weight excluding hydrogens is 578 g/mol. The smallest absolute Gasteiger partial charge is 0.659 e. The molecule has 4 aliphatic heterocycles. The summed E-state index contributed by atoms with van der Waals surface area (Å²) in [5.41, 5.74) is 5.15. The molecule has 4 aliphatic rings. The van der Waals surface area contributed by atoms with Crippen molar-refractivity contribution >= 4 is 0 Å². The molecule has 6 rings (SSSR count). The average molecular weight is 649 g/mol. The minimum absolute atomic E-state index is 0. The molecule has 0 aromatic carbocycles. The van der Waals surface area contributed by atoms with Crippen molar-refractivity contribution in [3.63, 3.8) is 0 Å². The van der Waals surface area contributed by atoms with Crippen molar-refractivity contribution in [3.05, 3.63) is 47.0 Å². The molecule has 4 saturated heterocycles. The Morgan fingerprint density at radius 3 is 1.04 bits per heavy atom. The van der Waals surface area contributed by atoms with Gasteiger partial charge in [0.2, 0.25) is 0 Å². The summed E-state index contributed by atoms with van der Waals surface area (Å²) in [6, 6.07) is 9.05. The van der Waals surface area contributed by atoms with Crippen LogP contribution in [0.5, 0.6) is 0 Å². The van der Waals surface area contributed by atoms with Gasteiger partial charge in [0.25, 0.3) is 0 Å². The van der Waals surface area contributed by atoms with Crippen LogP contribution >= 0.6 is 0 Å². The molecule has 6 heterocycles. The molecule has 2 N–H and O–H groups in total. The Morgan fingerprint density at radius 1 is 0.458 bits per heavy atom. The molecule has 0 spiro atoms. The van der Waals surface area contributed by atoms with E-state index in [-0.39, 0.29) is 37.7 Å². The van der Waals surface area contributed by atoms with Gasteiger partial charge in [-0.1, -0.05) is 79.7 Å². The molecule has 0 radical (unpaired) electrons. The summed E-state index contributed by atoms with van der Waals surface area (Å²) in [5.74, 6) is 6.75. The molecular formula is C40H70Li2N6+2. The predicted octanol–water partition coefficient (Wildman–Crippen LogP) is -1.63. The third-order valence-corrected chi connectivity index (χ3v) is 11.2. The summed E-state index contributed by atoms with van der Waals surface area (Å²) in [5, 5.41) is 0. The zero-order valence-corrected chi connectivity index (χ0v) is 33.0. The number of quaternary nitrogens is 2. The Labute approximate surface area is 319 Å². The molecule has 1 unspecified atom stereocenters. The topological polar surface area (TPSA) is 43.6 Å². The maximum atomic E-state index is 4.94. The normalized spacial score (nSPS) is 34.8. The molecule has 2 aromatic heterocycles. The number of piperidine rings is 4. The molecule has 2 aromatic rings. The van der Waals surface area contributed by atoms with Crippen molar-refractivity contribution in [1.82, 2.24) is 19.8 Å². The first-order chi connectivity index (χ1) is 21.9. The summed E-state index contributed by atoms with van der Waals surface area (Å²) in [6.45, 7) is 33.6. The first-order valence-electron chi connectivity index (χ1n) is 19.3. The molecule has 260 valence electrons. The van der Waals surface area contributed by atoms with Crippen molar-refractivity contribution in [2.45, 2.75) is 107 Å². The van der Waals surface area contributed by atoms with Crippen LogP contribution in [0, 0.1) is 47.3 Å². The fraction of sp³-hybridized carbons (Fsp3) is 0.800. The van der Waals surface area contributed by atoms with E-state index in [0.29, 0.717) is 0 Å². The Bertz CT molecular complexity index is 967. The number of rotatable bonds is 8. The first kappa shape index (κ1) is 42.0. The second-order valence-corrected chi connectivity index (χ2v) is 17.7. The fourth-order valence-electron chi connectivity index (χ4n) is 10.2. The molecule has 4 fully saturated rings. The third kappa shape index (κ3) is 13.6. The van der Waals surface area contributed by atoms with Gasteiger partial charge < -0.3 is 29.6 Å². The minimum Gasteiger partial charge on any atom is -0.659 e. The fourth-order valence-corrected chi connectivity index (χ4v) is 10.2. The Kier molecular flexibility index (Phi) is 17.5. The monoisotopic (exact) mass is 649 g/mol. The van der Waals surface area contributed by atoms with Crippen molar-refractivity contribution in [2.24, 2.45) is 47.3 Å². The summed E-state index contributed by atoms with van der Waals surface area (Å²) in [4.78, 5) is 18.5. The van der Waals surface area contributed by atoms with Gasteiger partial charge in [0.15, 0.2) is 0 Å². The number of aromatic nitrogens is 2. The molecule has 9 atom stereocenters. The van der Waals surface area contributed by atoms with Crippen LogP contribution in [0.1, 0.15) is 104 Å². The van der Waals surface area contributed by atoms with Gasteiger partial charge >= 0.3 is 37.7 Å². The van der Waals surface area contributed by atoms with Crippen LogP contribution in [-0.4, -0.2) is 62.2 Å². The zero-order chi connectivity index (χ0) is 32.8. The number of nitrogens with one attached hydrogen (secondary N) is 2. The summed E-state index contributed by atoms with van der Waals surface area (Å²) in [7, 11) is 0. The van der Waals surface area contributed by atoms with Gasteiger partial charge in [-0.15, -0.1) is 22.8 Å². The van der Waals surface area contributed by atoms with Gasteiger partial charge in [0.05, 0.1) is 39.3 Å². The SMILES string of the molecule is C[C@@H]1C[C@@H](C)CN(Cc2ccc(C[NH+]3C[C@H](C)C[C@H](C)C3)[n-]2)C1.C[C@@H]1C[C@H](C)CN(Cc2ccc(C[NH+]3C[C@H](C)C[C@@H](C)C3)[n-]2)C1.[Li+].[Li+]. The van der Waals surface area contributed by atoms with Crippen LogP contribution in [0.25, 0.3) is 0 Å². The molecule has 48 heavy (non-hydrogen) atoms. The van der Waals surface area contributed by atoms with Crippen LogP contribution in [0.15, 0.2) is 24.3 Å². The van der Waals surface area contributed by atoms with E-state index in [1.807, 2.05) is 0 Å².